The van der Waals surface area contributed by atoms with E-state index in [1.165, 1.54) is 77.7 Å². The molecule has 0 unspecified atom stereocenters. The van der Waals surface area contributed by atoms with Crippen LogP contribution in [0.1, 0.15) is 72.6 Å². The Morgan fingerprint density at radius 2 is 1.32 bits per heavy atom. The number of hydrogen-bond donors (Lipinski definition) is 0. The Bertz CT molecular complexity index is 341. The van der Waals surface area contributed by atoms with Crippen LogP contribution in [0.25, 0.3) is 0 Å². The van der Waals surface area contributed by atoms with Crippen LogP contribution >= 0.6 is 0 Å². The molecule has 2 heteroatoms. The first-order valence-electron chi connectivity index (χ1n) is 9.93. The minimum Gasteiger partial charge on any atom is -0.301 e. The number of fused-ring (bicyclic) bond motifs is 3. The minimum absolute atomic E-state index is 0.598. The summed E-state index contributed by atoms with van der Waals surface area (Å²) in [6.45, 7) is 16.2. The van der Waals surface area contributed by atoms with Crippen molar-refractivity contribution in [2.75, 3.05) is 32.7 Å². The number of rotatable bonds is 5. The highest BCUT2D eigenvalue weighted by Gasteiger charge is 2.52. The van der Waals surface area contributed by atoms with Crippen molar-refractivity contribution in [1.82, 2.24) is 9.80 Å². The van der Waals surface area contributed by atoms with Crippen LogP contribution in [-0.2, 0) is 0 Å². The summed E-state index contributed by atoms with van der Waals surface area (Å²) in [5.41, 5.74) is 1.31. The second-order valence-corrected chi connectivity index (χ2v) is 9.25. The van der Waals surface area contributed by atoms with E-state index in [-0.39, 0.29) is 0 Å². The molecule has 22 heavy (non-hydrogen) atoms. The van der Waals surface area contributed by atoms with Crippen molar-refractivity contribution in [1.29, 1.82) is 0 Å². The monoisotopic (exact) mass is 306 g/mol. The zero-order valence-electron chi connectivity index (χ0n) is 15.5. The lowest BCUT2D eigenvalue weighted by molar-refractivity contribution is -0.0867. The van der Waals surface area contributed by atoms with Crippen LogP contribution in [0.2, 0.25) is 0 Å². The lowest BCUT2D eigenvalue weighted by atomic mass is 9.53. The van der Waals surface area contributed by atoms with Crippen molar-refractivity contribution >= 4 is 0 Å². The highest BCUT2D eigenvalue weighted by Crippen LogP contribution is 2.57. The predicted molar refractivity (Wildman–Crippen MR) is 95.2 cm³/mol. The quantitative estimate of drug-likeness (QED) is 0.743. The van der Waals surface area contributed by atoms with E-state index in [2.05, 4.69) is 37.5 Å². The van der Waals surface area contributed by atoms with Crippen LogP contribution in [-0.4, -0.2) is 48.1 Å². The minimum atomic E-state index is 0.598. The van der Waals surface area contributed by atoms with E-state index in [0.29, 0.717) is 11.0 Å². The molecule has 4 aliphatic rings. The lowest BCUT2D eigenvalue weighted by Gasteiger charge is -2.60. The average Bonchev–Trinajstić information content (AvgIpc) is 2.55. The molecule has 0 radical (unpaired) electrons. The molecular weight excluding hydrogens is 268 g/mol. The van der Waals surface area contributed by atoms with Crippen LogP contribution < -0.4 is 0 Å². The summed E-state index contributed by atoms with van der Waals surface area (Å²) in [5, 5.41) is 0. The Kier molecular flexibility index (Phi) is 4.90. The molecule has 4 rings (SSSR count). The van der Waals surface area contributed by atoms with E-state index in [9.17, 15) is 0 Å². The highest BCUT2D eigenvalue weighted by atomic mass is 15.3. The molecule has 2 nitrogen and oxygen atoms in total. The van der Waals surface area contributed by atoms with Gasteiger partial charge in [-0.25, -0.2) is 0 Å². The summed E-state index contributed by atoms with van der Waals surface area (Å²) in [7, 11) is 0. The SMILES string of the molecule is CC(C)CCN1CCN(C23CCC(C(C)C)(CC2)CC3)CC1. The van der Waals surface area contributed by atoms with Crippen molar-refractivity contribution < 1.29 is 0 Å². The van der Waals surface area contributed by atoms with Gasteiger partial charge in [0.05, 0.1) is 0 Å². The molecule has 0 aromatic rings. The molecule has 0 spiro atoms. The van der Waals surface area contributed by atoms with Gasteiger partial charge in [-0.05, 0) is 68.7 Å². The van der Waals surface area contributed by atoms with Crippen LogP contribution in [0.5, 0.6) is 0 Å². The van der Waals surface area contributed by atoms with E-state index < -0.39 is 0 Å². The van der Waals surface area contributed by atoms with Crippen LogP contribution in [0.4, 0.5) is 0 Å². The van der Waals surface area contributed by atoms with Gasteiger partial charge in [0.2, 0.25) is 0 Å². The summed E-state index contributed by atoms with van der Waals surface area (Å²) in [6.07, 6.45) is 10.3. The Morgan fingerprint density at radius 1 is 0.773 bits per heavy atom. The first-order valence-corrected chi connectivity index (χ1v) is 9.93. The largest absolute Gasteiger partial charge is 0.301 e. The molecule has 3 aliphatic carbocycles. The first-order chi connectivity index (χ1) is 10.5. The summed E-state index contributed by atoms with van der Waals surface area (Å²) >= 11 is 0. The molecule has 128 valence electrons. The van der Waals surface area contributed by atoms with E-state index in [1.807, 2.05) is 0 Å². The fourth-order valence-corrected chi connectivity index (χ4v) is 5.42. The van der Waals surface area contributed by atoms with Gasteiger partial charge < -0.3 is 4.90 Å². The predicted octanol–water partition coefficient (Wildman–Crippen LogP) is 4.40. The Labute approximate surface area is 138 Å². The van der Waals surface area contributed by atoms with Gasteiger partial charge in [-0.3, -0.25) is 4.90 Å². The van der Waals surface area contributed by atoms with E-state index >= 15 is 0 Å². The van der Waals surface area contributed by atoms with Crippen molar-refractivity contribution in [2.45, 2.75) is 78.2 Å². The maximum Gasteiger partial charge on any atom is 0.0211 e. The van der Waals surface area contributed by atoms with Crippen molar-refractivity contribution in [2.24, 2.45) is 17.3 Å². The fraction of sp³-hybridized carbons (Fsp3) is 1.00. The number of piperazine rings is 1. The molecule has 2 bridgehead atoms. The maximum absolute atomic E-state index is 2.91. The van der Waals surface area contributed by atoms with Crippen LogP contribution in [0.3, 0.4) is 0 Å². The van der Waals surface area contributed by atoms with E-state index in [1.54, 1.807) is 0 Å². The molecule has 0 N–H and O–H groups in total. The standard InChI is InChI=1S/C20H38N2/c1-17(2)5-12-21-13-15-22(16-14-21)20-9-6-19(7-10-20,8-11-20)18(3)4/h17-18H,5-16H2,1-4H3. The van der Waals surface area contributed by atoms with Gasteiger partial charge in [0.25, 0.3) is 0 Å². The first kappa shape index (κ1) is 16.8. The summed E-state index contributed by atoms with van der Waals surface area (Å²) in [6, 6.07) is 0. The van der Waals surface area contributed by atoms with E-state index in [4.69, 9.17) is 0 Å². The van der Waals surface area contributed by atoms with Gasteiger partial charge in [-0.15, -0.1) is 0 Å². The average molecular weight is 307 g/mol. The molecule has 0 amide bonds. The molecule has 0 atom stereocenters. The van der Waals surface area contributed by atoms with Gasteiger partial charge in [0, 0.05) is 31.7 Å². The molecule has 0 aromatic heterocycles. The fourth-order valence-electron chi connectivity index (χ4n) is 5.42. The van der Waals surface area contributed by atoms with Gasteiger partial charge in [-0.2, -0.15) is 0 Å². The molecule has 0 aromatic carbocycles. The third-order valence-electron chi connectivity index (χ3n) is 7.56. The second-order valence-electron chi connectivity index (χ2n) is 9.25. The molecule has 1 heterocycles. The summed E-state index contributed by atoms with van der Waals surface area (Å²) < 4.78 is 0. The van der Waals surface area contributed by atoms with Crippen molar-refractivity contribution in [3.05, 3.63) is 0 Å². The van der Waals surface area contributed by atoms with Crippen molar-refractivity contribution in [3.8, 4) is 0 Å². The highest BCUT2D eigenvalue weighted by molar-refractivity contribution is 5.06. The van der Waals surface area contributed by atoms with Gasteiger partial charge in [0.15, 0.2) is 0 Å². The van der Waals surface area contributed by atoms with Crippen LogP contribution in [0, 0.1) is 17.3 Å². The Balaban J connectivity index is 1.52. The normalized spacial score (nSPS) is 37.4. The topological polar surface area (TPSA) is 6.48 Å². The summed E-state index contributed by atoms with van der Waals surface area (Å²) in [5.74, 6) is 1.73. The molecule has 3 saturated carbocycles. The smallest absolute Gasteiger partial charge is 0.0211 e. The zero-order chi connectivity index (χ0) is 15.8. The zero-order valence-corrected chi connectivity index (χ0v) is 15.5. The number of nitrogens with zero attached hydrogens (tertiary/aromatic N) is 2. The van der Waals surface area contributed by atoms with Gasteiger partial charge in [0.1, 0.15) is 0 Å². The Morgan fingerprint density at radius 3 is 1.77 bits per heavy atom. The number of hydrogen-bond acceptors (Lipinski definition) is 2. The lowest BCUT2D eigenvalue weighted by Crippen LogP contribution is -2.62. The second kappa shape index (κ2) is 6.43. The molecule has 1 saturated heterocycles. The van der Waals surface area contributed by atoms with Gasteiger partial charge in [-0.1, -0.05) is 27.7 Å². The maximum atomic E-state index is 2.91. The van der Waals surface area contributed by atoms with E-state index in [0.717, 1.165) is 11.8 Å². The van der Waals surface area contributed by atoms with Gasteiger partial charge >= 0.3 is 0 Å². The van der Waals surface area contributed by atoms with Crippen molar-refractivity contribution in [3.63, 3.8) is 0 Å². The third-order valence-corrected chi connectivity index (χ3v) is 7.56. The Hall–Kier alpha value is -0.0800. The molecule has 4 fully saturated rings. The van der Waals surface area contributed by atoms with Crippen LogP contribution in [0.15, 0.2) is 0 Å². The summed E-state index contributed by atoms with van der Waals surface area (Å²) in [4.78, 5) is 5.61. The molecule has 1 aliphatic heterocycles. The third kappa shape index (κ3) is 3.11. The molecular formula is C20H38N2.